The summed E-state index contributed by atoms with van der Waals surface area (Å²) >= 11 is 0. The molecule has 2 aromatic heterocycles. The molecule has 0 saturated heterocycles. The number of fused-ring (bicyclic) bond motifs is 1. The fourth-order valence-corrected chi connectivity index (χ4v) is 2.62. The molecular formula is C19H19N3O3. The van der Waals surface area contributed by atoms with Gasteiger partial charge in [0.1, 0.15) is 11.9 Å². The number of hydrogen-bond donors (Lipinski definition) is 2. The minimum Gasteiger partial charge on any atom is -0.484 e. The molecule has 128 valence electrons. The average molecular weight is 337 g/mol. The molecule has 1 aromatic carbocycles. The monoisotopic (exact) mass is 337 g/mol. The highest BCUT2D eigenvalue weighted by Gasteiger charge is 2.14. The van der Waals surface area contributed by atoms with Crippen LogP contribution in [0.3, 0.4) is 0 Å². The van der Waals surface area contributed by atoms with E-state index in [0.29, 0.717) is 24.4 Å². The number of aliphatic carboxylic acids is 1. The van der Waals surface area contributed by atoms with Crippen LogP contribution in [0.2, 0.25) is 0 Å². The lowest BCUT2D eigenvalue weighted by molar-refractivity contribution is -0.136. The van der Waals surface area contributed by atoms with Gasteiger partial charge in [-0.3, -0.25) is 14.8 Å². The van der Waals surface area contributed by atoms with Crippen molar-refractivity contribution >= 4 is 16.9 Å². The number of carbonyl (C=O) groups is 1. The van der Waals surface area contributed by atoms with Gasteiger partial charge >= 0.3 is 5.97 Å². The Kier molecular flexibility index (Phi) is 5.20. The normalized spacial score (nSPS) is 12.0. The molecule has 0 fully saturated rings. The lowest BCUT2D eigenvalue weighted by Gasteiger charge is -2.18. The maximum atomic E-state index is 10.8. The van der Waals surface area contributed by atoms with Crippen molar-refractivity contribution in [1.29, 1.82) is 0 Å². The highest BCUT2D eigenvalue weighted by Crippen LogP contribution is 2.26. The quantitative estimate of drug-likeness (QED) is 0.688. The van der Waals surface area contributed by atoms with Crippen molar-refractivity contribution in [2.24, 2.45) is 5.73 Å². The van der Waals surface area contributed by atoms with Gasteiger partial charge < -0.3 is 15.6 Å². The van der Waals surface area contributed by atoms with Crippen LogP contribution in [0.4, 0.5) is 0 Å². The Morgan fingerprint density at radius 1 is 1.20 bits per heavy atom. The third-order valence-electron chi connectivity index (χ3n) is 3.78. The number of nitrogens with zero attached hydrogens (tertiary/aromatic N) is 2. The Bertz CT molecular complexity index is 868. The zero-order valence-electron chi connectivity index (χ0n) is 13.6. The molecule has 0 aliphatic carbocycles. The summed E-state index contributed by atoms with van der Waals surface area (Å²) in [4.78, 5) is 19.5. The molecule has 0 bridgehead atoms. The fraction of sp³-hybridized carbons (Fsp3) is 0.211. The molecule has 1 atom stereocenters. The number of rotatable bonds is 7. The largest absolute Gasteiger partial charge is 0.484 e. The predicted octanol–water partition coefficient (Wildman–Crippen LogP) is 2.73. The first-order valence-electron chi connectivity index (χ1n) is 8.05. The van der Waals surface area contributed by atoms with Gasteiger partial charge in [0.05, 0.1) is 23.3 Å². The summed E-state index contributed by atoms with van der Waals surface area (Å²) in [6.07, 6.45) is 2.08. The molecule has 3 N–H and O–H groups in total. The van der Waals surface area contributed by atoms with Crippen LogP contribution < -0.4 is 10.5 Å². The van der Waals surface area contributed by atoms with Gasteiger partial charge in [-0.1, -0.05) is 12.1 Å². The zero-order valence-corrected chi connectivity index (χ0v) is 13.6. The number of pyridine rings is 2. The van der Waals surface area contributed by atoms with Gasteiger partial charge in [-0.25, -0.2) is 0 Å². The number of hydrogen-bond acceptors (Lipinski definition) is 5. The van der Waals surface area contributed by atoms with Gasteiger partial charge in [0.25, 0.3) is 0 Å². The summed E-state index contributed by atoms with van der Waals surface area (Å²) in [5.74, 6) is -0.198. The van der Waals surface area contributed by atoms with Crippen molar-refractivity contribution in [3.63, 3.8) is 0 Å². The molecular weight excluding hydrogens is 318 g/mol. The van der Waals surface area contributed by atoms with Gasteiger partial charge in [-0.05, 0) is 42.9 Å². The second-order valence-corrected chi connectivity index (χ2v) is 5.67. The summed E-state index contributed by atoms with van der Waals surface area (Å²) in [7, 11) is 0. The second-order valence-electron chi connectivity index (χ2n) is 5.67. The van der Waals surface area contributed by atoms with E-state index in [4.69, 9.17) is 15.6 Å². The minimum atomic E-state index is -0.896. The van der Waals surface area contributed by atoms with Crippen LogP contribution in [0.5, 0.6) is 5.75 Å². The van der Waals surface area contributed by atoms with Crippen LogP contribution in [-0.4, -0.2) is 27.6 Å². The van der Waals surface area contributed by atoms with E-state index < -0.39 is 5.97 Å². The van der Waals surface area contributed by atoms with Gasteiger partial charge in [0, 0.05) is 18.0 Å². The van der Waals surface area contributed by atoms with Crippen molar-refractivity contribution in [3.05, 3.63) is 66.1 Å². The van der Waals surface area contributed by atoms with E-state index in [1.54, 1.807) is 12.3 Å². The van der Waals surface area contributed by atoms with Crippen LogP contribution in [-0.2, 0) is 11.2 Å². The number of benzene rings is 1. The van der Waals surface area contributed by atoms with Crippen molar-refractivity contribution < 1.29 is 14.6 Å². The summed E-state index contributed by atoms with van der Waals surface area (Å²) in [6, 6.07) is 14.8. The van der Waals surface area contributed by atoms with Gasteiger partial charge in [0.15, 0.2) is 0 Å². The molecule has 0 amide bonds. The van der Waals surface area contributed by atoms with E-state index >= 15 is 0 Å². The number of ether oxygens (including phenoxy) is 1. The molecule has 1 unspecified atom stereocenters. The lowest BCUT2D eigenvalue weighted by Crippen LogP contribution is -2.14. The summed E-state index contributed by atoms with van der Waals surface area (Å²) < 4.78 is 6.08. The minimum absolute atomic E-state index is 0.0908. The molecule has 6 heteroatoms. The SMILES string of the molecule is NCCC(Oc1ccc2nc(CC(=O)O)ccc2c1)c1ccccn1. The first kappa shape index (κ1) is 16.9. The van der Waals surface area contributed by atoms with Crippen LogP contribution in [0, 0.1) is 0 Å². The van der Waals surface area contributed by atoms with Crippen molar-refractivity contribution in [1.82, 2.24) is 9.97 Å². The number of aromatic nitrogens is 2. The predicted molar refractivity (Wildman–Crippen MR) is 94.4 cm³/mol. The van der Waals surface area contributed by atoms with E-state index in [1.807, 2.05) is 42.5 Å². The maximum Gasteiger partial charge on any atom is 0.309 e. The van der Waals surface area contributed by atoms with E-state index in [1.165, 1.54) is 0 Å². The zero-order chi connectivity index (χ0) is 17.6. The summed E-state index contributed by atoms with van der Waals surface area (Å²) in [5, 5.41) is 9.75. The summed E-state index contributed by atoms with van der Waals surface area (Å²) in [5.41, 5.74) is 7.80. The maximum absolute atomic E-state index is 10.8. The van der Waals surface area contributed by atoms with Crippen LogP contribution in [0.15, 0.2) is 54.7 Å². The van der Waals surface area contributed by atoms with E-state index in [0.717, 1.165) is 16.6 Å². The number of carboxylic acid groups (broad SMARTS) is 1. The van der Waals surface area contributed by atoms with Crippen molar-refractivity contribution in [2.75, 3.05) is 6.54 Å². The van der Waals surface area contributed by atoms with E-state index in [2.05, 4.69) is 9.97 Å². The Balaban J connectivity index is 1.84. The molecule has 25 heavy (non-hydrogen) atoms. The second kappa shape index (κ2) is 7.72. The van der Waals surface area contributed by atoms with Crippen LogP contribution in [0.1, 0.15) is 23.9 Å². The molecule has 6 nitrogen and oxygen atoms in total. The first-order chi connectivity index (χ1) is 12.2. The van der Waals surface area contributed by atoms with Crippen molar-refractivity contribution in [2.45, 2.75) is 18.9 Å². The standard InChI is InChI=1S/C19H19N3O3/c20-9-8-18(17-3-1-2-10-21-17)25-15-6-7-16-13(11-15)4-5-14(22-16)12-19(23)24/h1-7,10-11,18H,8-9,12,20H2,(H,23,24). The van der Waals surface area contributed by atoms with Gasteiger partial charge in [-0.15, -0.1) is 0 Å². The highest BCUT2D eigenvalue weighted by atomic mass is 16.5. The third kappa shape index (κ3) is 4.30. The van der Waals surface area contributed by atoms with E-state index in [-0.39, 0.29) is 12.5 Å². The Hall–Kier alpha value is -2.99. The molecule has 0 saturated carbocycles. The topological polar surface area (TPSA) is 98.3 Å². The fourth-order valence-electron chi connectivity index (χ4n) is 2.62. The molecule has 0 radical (unpaired) electrons. The summed E-state index contributed by atoms with van der Waals surface area (Å²) in [6.45, 7) is 0.495. The first-order valence-corrected chi connectivity index (χ1v) is 8.05. The molecule has 3 aromatic rings. The smallest absolute Gasteiger partial charge is 0.309 e. The molecule has 2 heterocycles. The van der Waals surface area contributed by atoms with Crippen molar-refractivity contribution in [3.8, 4) is 5.75 Å². The third-order valence-corrected chi connectivity index (χ3v) is 3.78. The van der Waals surface area contributed by atoms with Crippen LogP contribution >= 0.6 is 0 Å². The number of nitrogens with two attached hydrogens (primary N) is 1. The Morgan fingerprint density at radius 3 is 2.80 bits per heavy atom. The Morgan fingerprint density at radius 2 is 2.08 bits per heavy atom. The average Bonchev–Trinajstić information content (AvgIpc) is 2.62. The van der Waals surface area contributed by atoms with E-state index in [9.17, 15) is 4.79 Å². The van der Waals surface area contributed by atoms with Gasteiger partial charge in [-0.2, -0.15) is 0 Å². The van der Waals surface area contributed by atoms with Crippen LogP contribution in [0.25, 0.3) is 10.9 Å². The number of carboxylic acids is 1. The highest BCUT2D eigenvalue weighted by molar-refractivity contribution is 5.81. The van der Waals surface area contributed by atoms with Gasteiger partial charge in [0.2, 0.25) is 0 Å². The lowest BCUT2D eigenvalue weighted by atomic mass is 10.1. The molecule has 3 rings (SSSR count). The molecule has 0 aliphatic heterocycles. The molecule has 0 spiro atoms. The Labute approximate surface area is 145 Å². The molecule has 0 aliphatic rings.